The van der Waals surface area contributed by atoms with Crippen molar-refractivity contribution in [2.45, 2.75) is 38.8 Å². The number of ether oxygens (including phenoxy) is 1. The average molecular weight is 411 g/mol. The molecule has 0 spiro atoms. The van der Waals surface area contributed by atoms with Gasteiger partial charge in [-0.05, 0) is 44.9 Å². The van der Waals surface area contributed by atoms with Crippen molar-refractivity contribution >= 4 is 11.5 Å². The molecule has 0 amide bonds. The number of nitrogen functional groups attached to an aromatic ring is 1. The van der Waals surface area contributed by atoms with Crippen LogP contribution in [0.4, 0.5) is 11.5 Å². The Kier molecular flexibility index (Phi) is 6.39. The Morgan fingerprint density at radius 2 is 1.77 bits per heavy atom. The molecule has 30 heavy (non-hydrogen) atoms. The van der Waals surface area contributed by atoms with E-state index in [-0.39, 0.29) is 0 Å². The minimum atomic E-state index is 0.461. The van der Waals surface area contributed by atoms with Gasteiger partial charge in [0.05, 0.1) is 12.7 Å². The lowest BCUT2D eigenvalue weighted by Crippen LogP contribution is -2.54. The van der Waals surface area contributed by atoms with Crippen molar-refractivity contribution in [1.29, 1.82) is 0 Å². The van der Waals surface area contributed by atoms with E-state index in [0.717, 1.165) is 24.4 Å². The summed E-state index contributed by atoms with van der Waals surface area (Å²) < 4.78 is 5.66. The van der Waals surface area contributed by atoms with Gasteiger partial charge in [-0.1, -0.05) is 0 Å². The van der Waals surface area contributed by atoms with Crippen LogP contribution in [-0.4, -0.2) is 78.2 Å². The van der Waals surface area contributed by atoms with E-state index in [1.807, 2.05) is 6.07 Å². The zero-order chi connectivity index (χ0) is 21.1. The van der Waals surface area contributed by atoms with Gasteiger partial charge in [-0.3, -0.25) is 9.80 Å². The van der Waals surface area contributed by atoms with E-state index in [0.29, 0.717) is 23.7 Å². The summed E-state index contributed by atoms with van der Waals surface area (Å²) in [5.41, 5.74) is 7.89. The Balaban J connectivity index is 1.39. The van der Waals surface area contributed by atoms with Gasteiger partial charge >= 0.3 is 0 Å². The van der Waals surface area contributed by atoms with Crippen LogP contribution in [0.25, 0.3) is 11.4 Å². The molecule has 0 atom stereocenters. The number of piperazine rings is 1. The molecule has 2 N–H and O–H groups in total. The first-order valence-electron chi connectivity index (χ1n) is 11.0. The summed E-state index contributed by atoms with van der Waals surface area (Å²) in [4.78, 5) is 16.4. The second-order valence-corrected chi connectivity index (χ2v) is 8.57. The number of nitrogens with zero attached hydrogens (tertiary/aromatic N) is 5. The standard InChI is InChI=1S/C23H34N6O/c1-17(2)27-12-14-29(15-13-27)18-7-10-28(11-8-18)19-4-5-20(21(16-19)30-3)23-25-9-6-22(24)26-23/h4-6,9,16-18H,7-8,10-15H2,1-3H3,(H2,24,25,26). The number of benzene rings is 1. The highest BCUT2D eigenvalue weighted by Crippen LogP contribution is 2.33. The molecule has 1 aromatic carbocycles. The van der Waals surface area contributed by atoms with Gasteiger partial charge in [0, 0.05) is 69.3 Å². The normalized spacial score (nSPS) is 19.4. The molecular formula is C23H34N6O. The average Bonchev–Trinajstić information content (AvgIpc) is 2.79. The summed E-state index contributed by atoms with van der Waals surface area (Å²) in [5.74, 6) is 1.84. The zero-order valence-corrected chi connectivity index (χ0v) is 18.4. The largest absolute Gasteiger partial charge is 0.496 e. The lowest BCUT2D eigenvalue weighted by Gasteiger charge is -2.44. The van der Waals surface area contributed by atoms with Gasteiger partial charge in [0.1, 0.15) is 11.6 Å². The molecule has 2 aliphatic heterocycles. The third kappa shape index (κ3) is 4.52. The van der Waals surface area contributed by atoms with Crippen molar-refractivity contribution in [3.63, 3.8) is 0 Å². The fourth-order valence-electron chi connectivity index (χ4n) is 4.67. The number of hydrogen-bond donors (Lipinski definition) is 1. The molecule has 0 aliphatic carbocycles. The highest BCUT2D eigenvalue weighted by Gasteiger charge is 2.28. The van der Waals surface area contributed by atoms with Crippen LogP contribution in [0, 0.1) is 0 Å². The van der Waals surface area contributed by atoms with E-state index >= 15 is 0 Å². The summed E-state index contributed by atoms with van der Waals surface area (Å²) in [6.07, 6.45) is 4.10. The van der Waals surface area contributed by atoms with E-state index in [9.17, 15) is 0 Å². The van der Waals surface area contributed by atoms with Gasteiger partial charge in [0.15, 0.2) is 5.82 Å². The van der Waals surface area contributed by atoms with Crippen LogP contribution in [0.3, 0.4) is 0 Å². The molecule has 0 bridgehead atoms. The third-order valence-electron chi connectivity index (χ3n) is 6.53. The minimum absolute atomic E-state index is 0.461. The highest BCUT2D eigenvalue weighted by atomic mass is 16.5. The molecule has 1 aromatic heterocycles. The molecule has 4 rings (SSSR count). The second kappa shape index (κ2) is 9.18. The molecule has 3 heterocycles. The Hall–Kier alpha value is -2.38. The van der Waals surface area contributed by atoms with Crippen LogP contribution in [0.15, 0.2) is 30.5 Å². The van der Waals surface area contributed by atoms with Crippen molar-refractivity contribution in [3.8, 4) is 17.1 Å². The Bertz CT molecular complexity index is 841. The molecule has 7 nitrogen and oxygen atoms in total. The van der Waals surface area contributed by atoms with E-state index in [2.05, 4.69) is 50.6 Å². The Morgan fingerprint density at radius 1 is 1.03 bits per heavy atom. The van der Waals surface area contributed by atoms with Crippen molar-refractivity contribution in [2.24, 2.45) is 0 Å². The molecule has 0 radical (unpaired) electrons. The van der Waals surface area contributed by atoms with Crippen molar-refractivity contribution < 1.29 is 4.74 Å². The smallest absolute Gasteiger partial charge is 0.165 e. The number of hydrogen-bond acceptors (Lipinski definition) is 7. The van der Waals surface area contributed by atoms with Gasteiger partial charge in [-0.25, -0.2) is 9.97 Å². The molecule has 2 saturated heterocycles. The van der Waals surface area contributed by atoms with E-state index in [4.69, 9.17) is 10.5 Å². The van der Waals surface area contributed by atoms with Crippen molar-refractivity contribution in [3.05, 3.63) is 30.5 Å². The van der Waals surface area contributed by atoms with E-state index in [1.54, 1.807) is 19.4 Å². The first-order valence-corrected chi connectivity index (χ1v) is 11.0. The Morgan fingerprint density at radius 3 is 2.40 bits per heavy atom. The van der Waals surface area contributed by atoms with Crippen LogP contribution in [0.2, 0.25) is 0 Å². The summed E-state index contributed by atoms with van der Waals surface area (Å²) >= 11 is 0. The van der Waals surface area contributed by atoms with Crippen LogP contribution < -0.4 is 15.4 Å². The van der Waals surface area contributed by atoms with Gasteiger partial charge in [0.2, 0.25) is 0 Å². The number of aromatic nitrogens is 2. The molecular weight excluding hydrogens is 376 g/mol. The predicted molar refractivity (Wildman–Crippen MR) is 122 cm³/mol. The number of piperidine rings is 1. The maximum absolute atomic E-state index is 5.82. The maximum atomic E-state index is 5.82. The first-order chi connectivity index (χ1) is 14.5. The SMILES string of the molecule is COc1cc(N2CCC(N3CCN(C(C)C)CC3)CC2)ccc1-c1nccc(N)n1. The molecule has 7 heteroatoms. The topological polar surface area (TPSA) is 70.8 Å². The monoisotopic (exact) mass is 410 g/mol. The van der Waals surface area contributed by atoms with Crippen LogP contribution in [0.5, 0.6) is 5.75 Å². The number of rotatable bonds is 5. The lowest BCUT2D eigenvalue weighted by molar-refractivity contribution is 0.0692. The summed E-state index contributed by atoms with van der Waals surface area (Å²) in [5, 5.41) is 0. The molecule has 162 valence electrons. The van der Waals surface area contributed by atoms with Gasteiger partial charge in [-0.2, -0.15) is 0 Å². The second-order valence-electron chi connectivity index (χ2n) is 8.57. The summed E-state index contributed by atoms with van der Waals surface area (Å²) in [7, 11) is 1.69. The Labute approximate surface area is 179 Å². The highest BCUT2D eigenvalue weighted by molar-refractivity contribution is 5.69. The van der Waals surface area contributed by atoms with E-state index < -0.39 is 0 Å². The van der Waals surface area contributed by atoms with E-state index in [1.165, 1.54) is 44.7 Å². The van der Waals surface area contributed by atoms with Gasteiger partial charge in [-0.15, -0.1) is 0 Å². The quantitative estimate of drug-likeness (QED) is 0.813. The molecule has 2 fully saturated rings. The van der Waals surface area contributed by atoms with Crippen LogP contribution in [-0.2, 0) is 0 Å². The maximum Gasteiger partial charge on any atom is 0.165 e. The molecule has 2 aromatic rings. The lowest BCUT2D eigenvalue weighted by atomic mass is 10.0. The first kappa shape index (κ1) is 20.9. The third-order valence-corrected chi connectivity index (χ3v) is 6.53. The molecule has 2 aliphatic rings. The van der Waals surface area contributed by atoms with Crippen LogP contribution in [0.1, 0.15) is 26.7 Å². The summed E-state index contributed by atoms with van der Waals surface area (Å²) in [6.45, 7) is 11.5. The number of anilines is 2. The minimum Gasteiger partial charge on any atom is -0.496 e. The number of nitrogens with two attached hydrogens (primary N) is 1. The summed E-state index contributed by atoms with van der Waals surface area (Å²) in [6, 6.07) is 9.34. The fourth-order valence-corrected chi connectivity index (χ4v) is 4.67. The van der Waals surface area contributed by atoms with Crippen molar-refractivity contribution in [1.82, 2.24) is 19.8 Å². The van der Waals surface area contributed by atoms with Crippen molar-refractivity contribution in [2.75, 3.05) is 57.0 Å². The fraction of sp³-hybridized carbons (Fsp3) is 0.565. The molecule has 0 unspecified atom stereocenters. The van der Waals surface area contributed by atoms with Crippen LogP contribution >= 0.6 is 0 Å². The number of methoxy groups -OCH3 is 1. The molecule has 0 saturated carbocycles. The predicted octanol–water partition coefficient (Wildman–Crippen LogP) is 2.73. The zero-order valence-electron chi connectivity index (χ0n) is 18.4. The van der Waals surface area contributed by atoms with Gasteiger partial charge < -0.3 is 15.4 Å². The van der Waals surface area contributed by atoms with Gasteiger partial charge in [0.25, 0.3) is 0 Å².